The van der Waals surface area contributed by atoms with Crippen molar-refractivity contribution in [2.45, 2.75) is 19.4 Å². The lowest BCUT2D eigenvalue weighted by atomic mass is 10.0. The fraction of sp³-hybridized carbons (Fsp3) is 0.278. The first-order valence-corrected chi connectivity index (χ1v) is 8.16. The molecule has 0 saturated heterocycles. The monoisotopic (exact) mass is 377 g/mol. The Morgan fingerprint density at radius 1 is 1.09 bits per heavy atom. The summed E-state index contributed by atoms with van der Waals surface area (Å²) in [5.74, 6) is 1.00. The molecule has 0 bridgehead atoms. The topological polar surface area (TPSA) is 47.6 Å². The third kappa shape index (κ3) is 4.26. The summed E-state index contributed by atoms with van der Waals surface area (Å²) in [5, 5.41) is 3.06. The van der Waals surface area contributed by atoms with E-state index in [0.717, 1.165) is 16.5 Å². The lowest BCUT2D eigenvalue weighted by Gasteiger charge is -2.18. The second-order valence-corrected chi connectivity index (χ2v) is 5.97. The van der Waals surface area contributed by atoms with Crippen LogP contribution in [0.1, 0.15) is 35.3 Å². The van der Waals surface area contributed by atoms with Gasteiger partial charge in [0.05, 0.1) is 20.3 Å². The number of methoxy groups -OCH3 is 2. The summed E-state index contributed by atoms with van der Waals surface area (Å²) < 4.78 is 11.5. The molecule has 0 heterocycles. The van der Waals surface area contributed by atoms with Crippen LogP contribution in [0.25, 0.3) is 0 Å². The Bertz CT molecular complexity index is 670. The zero-order valence-electron chi connectivity index (χ0n) is 13.4. The van der Waals surface area contributed by atoms with Crippen LogP contribution in [0, 0.1) is 0 Å². The molecule has 1 atom stereocenters. The number of carbonyl (C=O) groups excluding carboxylic acids is 1. The van der Waals surface area contributed by atoms with Crippen LogP contribution in [0.4, 0.5) is 0 Å². The summed E-state index contributed by atoms with van der Waals surface area (Å²) in [6, 6.07) is 13.1. The van der Waals surface area contributed by atoms with Crippen LogP contribution in [-0.2, 0) is 0 Å². The molecule has 0 aliphatic carbocycles. The van der Waals surface area contributed by atoms with E-state index in [1.54, 1.807) is 32.4 Å². The van der Waals surface area contributed by atoms with Gasteiger partial charge in [0.2, 0.25) is 0 Å². The van der Waals surface area contributed by atoms with E-state index in [1.807, 2.05) is 31.2 Å². The zero-order valence-corrected chi connectivity index (χ0v) is 15.0. The van der Waals surface area contributed by atoms with E-state index in [2.05, 4.69) is 21.2 Å². The minimum Gasteiger partial charge on any atom is -0.493 e. The van der Waals surface area contributed by atoms with Gasteiger partial charge in [-0.3, -0.25) is 4.79 Å². The molecule has 0 fully saturated rings. The van der Waals surface area contributed by atoms with Crippen LogP contribution in [0.3, 0.4) is 0 Å². The van der Waals surface area contributed by atoms with Crippen molar-refractivity contribution in [1.82, 2.24) is 5.32 Å². The second-order valence-electron chi connectivity index (χ2n) is 5.06. The fourth-order valence-electron chi connectivity index (χ4n) is 2.34. The summed E-state index contributed by atoms with van der Waals surface area (Å²) in [4.78, 5) is 12.5. The molecule has 1 amide bonds. The van der Waals surface area contributed by atoms with Crippen LogP contribution in [0.15, 0.2) is 46.9 Å². The van der Waals surface area contributed by atoms with Crippen molar-refractivity contribution in [3.05, 3.63) is 58.1 Å². The maximum absolute atomic E-state index is 12.5. The van der Waals surface area contributed by atoms with Gasteiger partial charge in [-0.05, 0) is 42.3 Å². The summed E-state index contributed by atoms with van der Waals surface area (Å²) in [7, 11) is 3.12. The van der Waals surface area contributed by atoms with Crippen LogP contribution in [0.2, 0.25) is 0 Å². The highest BCUT2D eigenvalue weighted by molar-refractivity contribution is 9.10. The molecule has 0 saturated carbocycles. The number of nitrogens with one attached hydrogen (secondary N) is 1. The molecule has 2 aromatic carbocycles. The Morgan fingerprint density at radius 3 is 2.30 bits per heavy atom. The number of hydrogen-bond donors (Lipinski definition) is 1. The van der Waals surface area contributed by atoms with E-state index in [-0.39, 0.29) is 11.9 Å². The van der Waals surface area contributed by atoms with Crippen molar-refractivity contribution >= 4 is 21.8 Å². The minimum atomic E-state index is -0.138. The zero-order chi connectivity index (χ0) is 16.8. The lowest BCUT2D eigenvalue weighted by Crippen LogP contribution is -2.28. The molecular formula is C18H20BrNO3. The molecule has 5 heteroatoms. The molecule has 0 aromatic heterocycles. The normalized spacial score (nSPS) is 11.7. The van der Waals surface area contributed by atoms with Crippen LogP contribution < -0.4 is 14.8 Å². The van der Waals surface area contributed by atoms with Gasteiger partial charge in [-0.1, -0.05) is 35.0 Å². The quantitative estimate of drug-likeness (QED) is 0.813. The molecular weight excluding hydrogens is 358 g/mol. The number of ether oxygens (including phenoxy) is 2. The average molecular weight is 378 g/mol. The molecule has 122 valence electrons. The van der Waals surface area contributed by atoms with Crippen molar-refractivity contribution in [3.63, 3.8) is 0 Å². The molecule has 0 radical (unpaired) electrons. The summed E-state index contributed by atoms with van der Waals surface area (Å²) in [6.45, 7) is 2.04. The lowest BCUT2D eigenvalue weighted by molar-refractivity contribution is 0.0935. The van der Waals surface area contributed by atoms with Crippen LogP contribution in [-0.4, -0.2) is 20.1 Å². The Labute approximate surface area is 144 Å². The number of halogens is 1. The number of amides is 1. The van der Waals surface area contributed by atoms with Crippen molar-refractivity contribution in [2.75, 3.05) is 14.2 Å². The van der Waals surface area contributed by atoms with Gasteiger partial charge in [-0.25, -0.2) is 0 Å². The molecule has 4 nitrogen and oxygen atoms in total. The van der Waals surface area contributed by atoms with Gasteiger partial charge >= 0.3 is 0 Å². The van der Waals surface area contributed by atoms with Crippen molar-refractivity contribution < 1.29 is 14.3 Å². The first-order valence-electron chi connectivity index (χ1n) is 7.37. The number of carbonyl (C=O) groups is 1. The van der Waals surface area contributed by atoms with Gasteiger partial charge in [-0.2, -0.15) is 0 Å². The summed E-state index contributed by atoms with van der Waals surface area (Å²) in [6.07, 6.45) is 0.806. The Hall–Kier alpha value is -2.01. The van der Waals surface area contributed by atoms with Gasteiger partial charge < -0.3 is 14.8 Å². The molecule has 1 unspecified atom stereocenters. The van der Waals surface area contributed by atoms with Gasteiger partial charge in [0.15, 0.2) is 11.5 Å². The molecule has 1 N–H and O–H groups in total. The first kappa shape index (κ1) is 17.3. The van der Waals surface area contributed by atoms with Crippen molar-refractivity contribution in [3.8, 4) is 11.5 Å². The maximum atomic E-state index is 12.5. The standard InChI is InChI=1S/C18H20BrNO3/c1-4-15(12-5-8-14(19)9-6-12)20-18(21)13-7-10-16(22-2)17(11-13)23-3/h5-11,15H,4H2,1-3H3,(H,20,21). The maximum Gasteiger partial charge on any atom is 0.251 e. The molecule has 0 aliphatic heterocycles. The second kappa shape index (κ2) is 8.02. The third-order valence-corrected chi connectivity index (χ3v) is 4.16. The highest BCUT2D eigenvalue weighted by Gasteiger charge is 2.16. The van der Waals surface area contributed by atoms with E-state index in [4.69, 9.17) is 9.47 Å². The van der Waals surface area contributed by atoms with Gasteiger partial charge in [0.25, 0.3) is 5.91 Å². The summed E-state index contributed by atoms with van der Waals surface area (Å²) in [5.41, 5.74) is 1.61. The molecule has 2 aromatic rings. The SMILES string of the molecule is CCC(NC(=O)c1ccc(OC)c(OC)c1)c1ccc(Br)cc1. The number of rotatable bonds is 6. The Kier molecular flexibility index (Phi) is 6.04. The van der Waals surface area contributed by atoms with E-state index >= 15 is 0 Å². The van der Waals surface area contributed by atoms with Crippen molar-refractivity contribution in [1.29, 1.82) is 0 Å². The highest BCUT2D eigenvalue weighted by atomic mass is 79.9. The van der Waals surface area contributed by atoms with Crippen LogP contribution in [0.5, 0.6) is 11.5 Å². The third-order valence-electron chi connectivity index (χ3n) is 3.63. The van der Waals surface area contributed by atoms with Crippen LogP contribution >= 0.6 is 15.9 Å². The van der Waals surface area contributed by atoms with Gasteiger partial charge in [-0.15, -0.1) is 0 Å². The predicted molar refractivity (Wildman–Crippen MR) is 94.2 cm³/mol. The van der Waals surface area contributed by atoms with E-state index in [9.17, 15) is 4.79 Å². The largest absolute Gasteiger partial charge is 0.493 e. The van der Waals surface area contributed by atoms with Gasteiger partial charge in [0, 0.05) is 10.0 Å². The predicted octanol–water partition coefficient (Wildman–Crippen LogP) is 4.35. The van der Waals surface area contributed by atoms with Gasteiger partial charge in [0.1, 0.15) is 0 Å². The van der Waals surface area contributed by atoms with E-state index < -0.39 is 0 Å². The molecule has 23 heavy (non-hydrogen) atoms. The highest BCUT2D eigenvalue weighted by Crippen LogP contribution is 2.28. The van der Waals surface area contributed by atoms with E-state index in [1.165, 1.54) is 0 Å². The smallest absolute Gasteiger partial charge is 0.251 e. The average Bonchev–Trinajstić information content (AvgIpc) is 2.59. The first-order chi connectivity index (χ1) is 11.1. The Morgan fingerprint density at radius 2 is 1.74 bits per heavy atom. The molecule has 2 rings (SSSR count). The number of benzene rings is 2. The molecule has 0 aliphatic rings. The van der Waals surface area contributed by atoms with E-state index in [0.29, 0.717) is 17.1 Å². The minimum absolute atomic E-state index is 0.0382. The fourth-order valence-corrected chi connectivity index (χ4v) is 2.60. The Balaban J connectivity index is 2.18. The molecule has 0 spiro atoms. The summed E-state index contributed by atoms with van der Waals surface area (Å²) >= 11 is 3.42. The van der Waals surface area contributed by atoms with Crippen molar-refractivity contribution in [2.24, 2.45) is 0 Å². The number of hydrogen-bond acceptors (Lipinski definition) is 3.